The zero-order chi connectivity index (χ0) is 18.8. The van der Waals surface area contributed by atoms with Crippen molar-refractivity contribution in [2.24, 2.45) is 0 Å². The largest absolute Gasteiger partial charge is 0.389 e. The van der Waals surface area contributed by atoms with Crippen molar-refractivity contribution < 1.29 is 38.3 Å². The van der Waals surface area contributed by atoms with Crippen LogP contribution in [0.3, 0.4) is 0 Å². The van der Waals surface area contributed by atoms with E-state index in [1.807, 2.05) is 6.92 Å². The minimum absolute atomic E-state index is 0.0284. The van der Waals surface area contributed by atoms with Crippen LogP contribution in [0, 0.1) is 6.92 Å². The lowest BCUT2D eigenvalue weighted by Gasteiger charge is -2.41. The number of aryl methyl sites for hydroxylation is 1. The van der Waals surface area contributed by atoms with Gasteiger partial charge in [0.1, 0.15) is 24.4 Å². The highest BCUT2D eigenvalue weighted by Gasteiger charge is 2.46. The lowest BCUT2D eigenvalue weighted by atomic mass is 9.95. The van der Waals surface area contributed by atoms with Crippen molar-refractivity contribution in [3.8, 4) is 0 Å². The van der Waals surface area contributed by atoms with Crippen molar-refractivity contribution in [3.63, 3.8) is 0 Å². The van der Waals surface area contributed by atoms with Gasteiger partial charge in [-0.3, -0.25) is 0 Å². The van der Waals surface area contributed by atoms with Crippen molar-refractivity contribution >= 4 is 10.0 Å². The van der Waals surface area contributed by atoms with E-state index in [4.69, 9.17) is 9.47 Å². The molecule has 5 N–H and O–H groups in total. The van der Waals surface area contributed by atoms with E-state index in [1.54, 1.807) is 12.1 Å². The predicted octanol–water partition coefficient (Wildman–Crippen LogP) is -1.91. The molecule has 1 fully saturated rings. The SMILES string of the molecule is CO[C@@H]1O[C@@H]([C@@H](O)CNS(=O)(=O)c2ccc(C)cc2)[C@H](O)[C@@H](O)[C@H]1O. The van der Waals surface area contributed by atoms with Crippen molar-refractivity contribution in [3.05, 3.63) is 29.8 Å². The van der Waals surface area contributed by atoms with Crippen LogP contribution >= 0.6 is 0 Å². The molecular formula is C15H23NO8S. The number of benzene rings is 1. The van der Waals surface area contributed by atoms with E-state index in [9.17, 15) is 28.8 Å². The maximum absolute atomic E-state index is 12.2. The standard InChI is InChI=1S/C15H23NO8S/c1-8-3-5-9(6-4-8)25(21,22)16-7-10(17)14-12(19)11(18)13(20)15(23-2)24-14/h3-6,10-20H,7H2,1-2H3/t10-,11+,12+,13+,14-,15+/m0/s1. The number of sulfonamides is 1. The predicted molar refractivity (Wildman–Crippen MR) is 86.1 cm³/mol. The van der Waals surface area contributed by atoms with Crippen molar-refractivity contribution in [2.75, 3.05) is 13.7 Å². The molecule has 0 amide bonds. The molecule has 0 spiro atoms. The summed E-state index contributed by atoms with van der Waals surface area (Å²) in [4.78, 5) is 0.0284. The molecule has 1 saturated heterocycles. The van der Waals surface area contributed by atoms with E-state index >= 15 is 0 Å². The first-order valence-electron chi connectivity index (χ1n) is 7.64. The molecule has 6 atom stereocenters. The molecular weight excluding hydrogens is 354 g/mol. The first-order chi connectivity index (χ1) is 11.7. The number of ether oxygens (including phenoxy) is 2. The van der Waals surface area contributed by atoms with Gasteiger partial charge in [-0.15, -0.1) is 0 Å². The van der Waals surface area contributed by atoms with Crippen molar-refractivity contribution in [1.29, 1.82) is 0 Å². The maximum atomic E-state index is 12.2. The molecule has 9 nitrogen and oxygen atoms in total. The Kier molecular flexibility index (Phi) is 6.51. The quantitative estimate of drug-likeness (QED) is 0.386. The molecule has 142 valence electrons. The molecule has 1 aliphatic heterocycles. The average Bonchev–Trinajstić information content (AvgIpc) is 2.58. The Morgan fingerprint density at radius 3 is 2.32 bits per heavy atom. The van der Waals surface area contributed by atoms with Crippen LogP contribution < -0.4 is 4.72 Å². The lowest BCUT2D eigenvalue weighted by molar-refractivity contribution is -0.303. The van der Waals surface area contributed by atoms with Gasteiger partial charge in [-0.05, 0) is 19.1 Å². The lowest BCUT2D eigenvalue weighted by Crippen LogP contribution is -2.62. The van der Waals surface area contributed by atoms with E-state index in [0.717, 1.165) is 5.56 Å². The van der Waals surface area contributed by atoms with Gasteiger partial charge >= 0.3 is 0 Å². The third kappa shape index (κ3) is 4.54. The summed E-state index contributed by atoms with van der Waals surface area (Å²) in [6.45, 7) is 1.36. The molecule has 0 saturated carbocycles. The number of aliphatic hydroxyl groups excluding tert-OH is 4. The number of rotatable bonds is 6. The first kappa shape index (κ1) is 20.2. The second kappa shape index (κ2) is 8.06. The van der Waals surface area contributed by atoms with Gasteiger partial charge < -0.3 is 29.9 Å². The molecule has 0 aliphatic carbocycles. The third-order valence-corrected chi connectivity index (χ3v) is 5.47. The zero-order valence-corrected chi connectivity index (χ0v) is 14.6. The third-order valence-electron chi connectivity index (χ3n) is 4.03. The van der Waals surface area contributed by atoms with E-state index < -0.39 is 53.4 Å². The molecule has 1 aromatic rings. The Morgan fingerprint density at radius 2 is 1.76 bits per heavy atom. The minimum Gasteiger partial charge on any atom is -0.389 e. The molecule has 1 aliphatic rings. The van der Waals surface area contributed by atoms with Crippen molar-refractivity contribution in [1.82, 2.24) is 4.72 Å². The molecule has 0 bridgehead atoms. The van der Waals surface area contributed by atoms with Crippen LogP contribution in [0.4, 0.5) is 0 Å². The van der Waals surface area contributed by atoms with E-state index in [0.29, 0.717) is 0 Å². The Morgan fingerprint density at radius 1 is 1.16 bits per heavy atom. The number of methoxy groups -OCH3 is 1. The summed E-state index contributed by atoms with van der Waals surface area (Å²) < 4.78 is 36.7. The second-order valence-corrected chi connectivity index (χ2v) is 7.68. The summed E-state index contributed by atoms with van der Waals surface area (Å²) in [6.07, 6.45) is -8.79. The molecule has 0 aromatic heterocycles. The Bertz CT molecular complexity index is 663. The highest BCUT2D eigenvalue weighted by Crippen LogP contribution is 2.24. The number of hydrogen-bond donors (Lipinski definition) is 5. The normalized spacial score (nSPS) is 31.7. The van der Waals surface area contributed by atoms with E-state index in [-0.39, 0.29) is 4.90 Å². The van der Waals surface area contributed by atoms with Crippen LogP contribution in [0.25, 0.3) is 0 Å². The van der Waals surface area contributed by atoms with Gasteiger partial charge in [0.25, 0.3) is 0 Å². The zero-order valence-electron chi connectivity index (χ0n) is 13.8. The number of hydrogen-bond acceptors (Lipinski definition) is 8. The molecule has 0 radical (unpaired) electrons. The fraction of sp³-hybridized carbons (Fsp3) is 0.600. The van der Waals surface area contributed by atoms with Crippen LogP contribution in [0.2, 0.25) is 0 Å². The summed E-state index contributed by atoms with van der Waals surface area (Å²) in [5.41, 5.74) is 0.899. The monoisotopic (exact) mass is 377 g/mol. The fourth-order valence-electron chi connectivity index (χ4n) is 2.50. The highest BCUT2D eigenvalue weighted by molar-refractivity contribution is 7.89. The van der Waals surface area contributed by atoms with Crippen molar-refractivity contribution in [2.45, 2.75) is 48.6 Å². The smallest absolute Gasteiger partial charge is 0.240 e. The van der Waals surface area contributed by atoms with Crippen LogP contribution in [0.5, 0.6) is 0 Å². The summed E-state index contributed by atoms with van der Waals surface area (Å²) in [7, 11) is -2.64. The molecule has 2 rings (SSSR count). The number of aliphatic hydroxyl groups is 4. The summed E-state index contributed by atoms with van der Waals surface area (Å²) >= 11 is 0. The Labute approximate surface area is 145 Å². The Hall–Kier alpha value is -1.11. The maximum Gasteiger partial charge on any atom is 0.240 e. The molecule has 10 heteroatoms. The summed E-state index contributed by atoms with van der Waals surface area (Å²) in [5, 5.41) is 39.6. The van der Waals surface area contributed by atoms with Gasteiger partial charge in [0.2, 0.25) is 10.0 Å². The molecule has 0 unspecified atom stereocenters. The Balaban J connectivity index is 2.03. The molecule has 25 heavy (non-hydrogen) atoms. The van der Waals surface area contributed by atoms with Gasteiger partial charge in [0, 0.05) is 13.7 Å². The van der Waals surface area contributed by atoms with Gasteiger partial charge in [-0.1, -0.05) is 17.7 Å². The second-order valence-electron chi connectivity index (χ2n) is 5.91. The summed E-state index contributed by atoms with van der Waals surface area (Å²) in [5.74, 6) is 0. The topological polar surface area (TPSA) is 146 Å². The van der Waals surface area contributed by atoms with E-state index in [2.05, 4.69) is 4.72 Å². The minimum atomic E-state index is -3.86. The van der Waals surface area contributed by atoms with Crippen LogP contribution in [-0.4, -0.2) is 79.3 Å². The average molecular weight is 377 g/mol. The van der Waals surface area contributed by atoms with Crippen LogP contribution in [0.15, 0.2) is 29.2 Å². The number of nitrogens with one attached hydrogen (secondary N) is 1. The highest BCUT2D eigenvalue weighted by atomic mass is 32.2. The fourth-order valence-corrected chi connectivity index (χ4v) is 3.55. The first-order valence-corrected chi connectivity index (χ1v) is 9.12. The molecule has 1 aromatic carbocycles. The van der Waals surface area contributed by atoms with Gasteiger partial charge in [-0.2, -0.15) is 0 Å². The van der Waals surface area contributed by atoms with Gasteiger partial charge in [0.05, 0.1) is 11.0 Å². The van der Waals surface area contributed by atoms with E-state index in [1.165, 1.54) is 19.2 Å². The van der Waals surface area contributed by atoms with Gasteiger partial charge in [0.15, 0.2) is 6.29 Å². The van der Waals surface area contributed by atoms with Crippen LogP contribution in [0.1, 0.15) is 5.56 Å². The van der Waals surface area contributed by atoms with Gasteiger partial charge in [-0.25, -0.2) is 13.1 Å². The molecule has 1 heterocycles. The summed E-state index contributed by atoms with van der Waals surface area (Å²) in [6, 6.07) is 6.13. The van der Waals surface area contributed by atoms with Crippen LogP contribution in [-0.2, 0) is 19.5 Å².